The Bertz CT molecular complexity index is 498. The van der Waals surface area contributed by atoms with Gasteiger partial charge in [-0.15, -0.1) is 0 Å². The molecule has 0 radical (unpaired) electrons. The highest BCUT2D eigenvalue weighted by Gasteiger charge is 2.01. The highest BCUT2D eigenvalue weighted by atomic mass is 15.0. The van der Waals surface area contributed by atoms with Crippen LogP contribution >= 0.6 is 0 Å². The highest BCUT2D eigenvalue weighted by molar-refractivity contribution is 5.46. The molecular weight excluding hydrogens is 220 g/mol. The molecule has 2 rings (SSSR count). The zero-order valence-corrected chi connectivity index (χ0v) is 11.0. The minimum atomic E-state index is 0.915. The molecule has 1 aromatic carbocycles. The Kier molecular flexibility index (Phi) is 4.13. The smallest absolute Gasteiger partial charge is 0.173 e. The summed E-state index contributed by atoms with van der Waals surface area (Å²) in [5.74, 6) is 0. The number of nitrogens with zero attached hydrogens (tertiary/aromatic N) is 2. The lowest BCUT2D eigenvalue weighted by Gasteiger charge is -2.02. The van der Waals surface area contributed by atoms with Crippen LogP contribution in [0, 0.1) is 0 Å². The molecule has 0 saturated heterocycles. The molecular formula is C16H19N2+. The molecule has 0 N–H and O–H groups in total. The van der Waals surface area contributed by atoms with Crippen molar-refractivity contribution in [1.82, 2.24) is 4.90 Å². The van der Waals surface area contributed by atoms with E-state index in [2.05, 4.69) is 65.6 Å². The van der Waals surface area contributed by atoms with Gasteiger partial charge in [0.15, 0.2) is 18.9 Å². The van der Waals surface area contributed by atoms with Gasteiger partial charge in [0.05, 0.1) is 0 Å². The van der Waals surface area contributed by atoms with Gasteiger partial charge in [-0.3, -0.25) is 0 Å². The van der Waals surface area contributed by atoms with E-state index >= 15 is 0 Å². The van der Waals surface area contributed by atoms with Gasteiger partial charge in [-0.1, -0.05) is 30.3 Å². The molecule has 0 fully saturated rings. The van der Waals surface area contributed by atoms with E-state index in [0.29, 0.717) is 0 Å². The quantitative estimate of drug-likeness (QED) is 0.744. The van der Waals surface area contributed by atoms with Crippen LogP contribution in [0.1, 0.15) is 11.1 Å². The van der Waals surface area contributed by atoms with E-state index in [1.165, 1.54) is 11.1 Å². The second kappa shape index (κ2) is 6.01. The second-order valence-electron chi connectivity index (χ2n) is 4.57. The molecule has 2 aromatic rings. The van der Waals surface area contributed by atoms with Crippen molar-refractivity contribution in [2.75, 3.05) is 14.1 Å². The number of rotatable bonds is 4. The summed E-state index contributed by atoms with van der Waals surface area (Å²) in [7, 11) is 4.05. The third kappa shape index (κ3) is 3.74. The van der Waals surface area contributed by atoms with E-state index in [1.54, 1.807) is 0 Å². The van der Waals surface area contributed by atoms with Crippen LogP contribution in [0.25, 0.3) is 6.08 Å². The summed E-state index contributed by atoms with van der Waals surface area (Å²) in [5, 5.41) is 0. The molecule has 0 unspecified atom stereocenters. The van der Waals surface area contributed by atoms with Crippen LogP contribution in [0.5, 0.6) is 0 Å². The predicted octanol–water partition coefficient (Wildman–Crippen LogP) is 2.55. The van der Waals surface area contributed by atoms with Crippen LogP contribution < -0.4 is 4.57 Å². The first kappa shape index (κ1) is 12.4. The molecule has 1 aromatic heterocycles. The fourth-order valence-electron chi connectivity index (χ4n) is 1.71. The second-order valence-corrected chi connectivity index (χ2v) is 4.57. The molecule has 2 nitrogen and oxygen atoms in total. The first-order valence-electron chi connectivity index (χ1n) is 6.12. The van der Waals surface area contributed by atoms with Crippen LogP contribution in [0.15, 0.2) is 61.1 Å². The first-order valence-corrected chi connectivity index (χ1v) is 6.12. The van der Waals surface area contributed by atoms with Gasteiger partial charge in [-0.2, -0.15) is 0 Å². The lowest BCUT2D eigenvalue weighted by Crippen LogP contribution is -2.33. The van der Waals surface area contributed by atoms with Crippen LogP contribution in [-0.2, 0) is 6.54 Å². The van der Waals surface area contributed by atoms with Gasteiger partial charge in [0.1, 0.15) is 0 Å². The molecule has 0 aliphatic carbocycles. The van der Waals surface area contributed by atoms with Gasteiger partial charge >= 0.3 is 0 Å². The van der Waals surface area contributed by atoms with Crippen molar-refractivity contribution < 1.29 is 4.57 Å². The van der Waals surface area contributed by atoms with Gasteiger partial charge in [0.2, 0.25) is 0 Å². The molecule has 1 heterocycles. The molecule has 0 amide bonds. The van der Waals surface area contributed by atoms with E-state index in [-0.39, 0.29) is 0 Å². The fraction of sp³-hybridized carbons (Fsp3) is 0.188. The summed E-state index contributed by atoms with van der Waals surface area (Å²) in [5.41, 5.74) is 2.53. The van der Waals surface area contributed by atoms with Crippen LogP contribution in [0.3, 0.4) is 0 Å². The molecule has 2 heteroatoms. The third-order valence-corrected chi connectivity index (χ3v) is 2.69. The average Bonchev–Trinajstić information content (AvgIpc) is 2.39. The molecule has 0 spiro atoms. The van der Waals surface area contributed by atoms with Gasteiger partial charge in [0.25, 0.3) is 0 Å². The van der Waals surface area contributed by atoms with Gasteiger partial charge in [-0.05, 0) is 17.8 Å². The highest BCUT2D eigenvalue weighted by Crippen LogP contribution is 2.01. The maximum Gasteiger partial charge on any atom is 0.173 e. The number of benzene rings is 1. The Labute approximate surface area is 109 Å². The summed E-state index contributed by atoms with van der Waals surface area (Å²) in [6, 6.07) is 14.7. The van der Waals surface area contributed by atoms with Crippen LogP contribution in [0.4, 0.5) is 0 Å². The largest absolute Gasteiger partial charge is 0.383 e. The van der Waals surface area contributed by atoms with Gasteiger partial charge in [-0.25, -0.2) is 4.57 Å². The lowest BCUT2D eigenvalue weighted by molar-refractivity contribution is -0.688. The van der Waals surface area contributed by atoms with E-state index in [4.69, 9.17) is 0 Å². The normalized spacial score (nSPS) is 10.8. The Balaban J connectivity index is 2.04. The topological polar surface area (TPSA) is 7.12 Å². The van der Waals surface area contributed by atoms with Gasteiger partial charge in [0, 0.05) is 31.8 Å². The third-order valence-electron chi connectivity index (χ3n) is 2.69. The molecule has 18 heavy (non-hydrogen) atoms. The average molecular weight is 239 g/mol. The molecule has 0 aliphatic rings. The summed E-state index contributed by atoms with van der Waals surface area (Å²) >= 11 is 0. The van der Waals surface area contributed by atoms with Gasteiger partial charge < -0.3 is 4.90 Å². The number of hydrogen-bond acceptors (Lipinski definition) is 1. The standard InChI is InChI=1S/C16H19N2/c1-17(2)11-8-15-9-12-18(13-10-15)14-16-6-4-3-5-7-16/h3-13H,14H2,1-2H3/q+1. The molecule has 0 atom stereocenters. The van der Waals surface area contributed by atoms with Crippen molar-refractivity contribution >= 4 is 6.08 Å². The Hall–Kier alpha value is -2.09. The fourth-order valence-corrected chi connectivity index (χ4v) is 1.71. The Morgan fingerprint density at radius 1 is 1.00 bits per heavy atom. The lowest BCUT2D eigenvalue weighted by atomic mass is 10.2. The molecule has 92 valence electrons. The van der Waals surface area contributed by atoms with Crippen molar-refractivity contribution in [3.63, 3.8) is 0 Å². The SMILES string of the molecule is CN(C)/C=C/c1cc[n+](Cc2ccccc2)cc1. The Morgan fingerprint density at radius 2 is 1.67 bits per heavy atom. The minimum absolute atomic E-state index is 0.915. The zero-order valence-electron chi connectivity index (χ0n) is 11.0. The molecule has 0 aliphatic heterocycles. The number of aromatic nitrogens is 1. The van der Waals surface area contributed by atoms with E-state index in [0.717, 1.165) is 6.54 Å². The molecule has 0 bridgehead atoms. The minimum Gasteiger partial charge on any atom is -0.383 e. The number of pyridine rings is 1. The predicted molar refractivity (Wildman–Crippen MR) is 74.9 cm³/mol. The summed E-state index contributed by atoms with van der Waals surface area (Å²) in [6.45, 7) is 0.915. The molecule has 0 saturated carbocycles. The summed E-state index contributed by atoms with van der Waals surface area (Å²) in [6.07, 6.45) is 8.38. The van der Waals surface area contributed by atoms with Crippen molar-refractivity contribution in [3.05, 3.63) is 72.2 Å². The van der Waals surface area contributed by atoms with Crippen molar-refractivity contribution in [2.45, 2.75) is 6.54 Å². The van der Waals surface area contributed by atoms with Crippen molar-refractivity contribution in [1.29, 1.82) is 0 Å². The van der Waals surface area contributed by atoms with Crippen LogP contribution in [-0.4, -0.2) is 19.0 Å². The van der Waals surface area contributed by atoms with E-state index in [1.807, 2.05) is 25.1 Å². The summed E-state index contributed by atoms with van der Waals surface area (Å²) < 4.78 is 2.18. The zero-order chi connectivity index (χ0) is 12.8. The maximum atomic E-state index is 2.18. The Morgan fingerprint density at radius 3 is 2.28 bits per heavy atom. The van der Waals surface area contributed by atoms with Crippen LogP contribution in [0.2, 0.25) is 0 Å². The van der Waals surface area contributed by atoms with E-state index < -0.39 is 0 Å². The van der Waals surface area contributed by atoms with Crippen molar-refractivity contribution in [3.8, 4) is 0 Å². The maximum absolute atomic E-state index is 2.18. The first-order chi connectivity index (χ1) is 8.74. The van der Waals surface area contributed by atoms with Crippen molar-refractivity contribution in [2.24, 2.45) is 0 Å². The monoisotopic (exact) mass is 239 g/mol. The van der Waals surface area contributed by atoms with E-state index in [9.17, 15) is 0 Å². The summed E-state index contributed by atoms with van der Waals surface area (Å²) in [4.78, 5) is 2.03. The number of hydrogen-bond donors (Lipinski definition) is 0.